The predicted octanol–water partition coefficient (Wildman–Crippen LogP) is 11.4. The predicted molar refractivity (Wildman–Crippen MR) is 208 cm³/mol. The summed E-state index contributed by atoms with van der Waals surface area (Å²) in [5.41, 5.74) is 13.3. The maximum absolute atomic E-state index is 2.46. The van der Waals surface area contributed by atoms with E-state index >= 15 is 0 Å². The number of fused-ring (bicyclic) bond motifs is 4. The van der Waals surface area contributed by atoms with Crippen molar-refractivity contribution in [3.05, 3.63) is 215 Å². The van der Waals surface area contributed by atoms with Crippen molar-refractivity contribution >= 4 is 22.0 Å². The molecule has 0 bridgehead atoms. The first-order valence-electron chi connectivity index (χ1n) is 17.6. The molecule has 0 saturated heterocycles. The van der Waals surface area contributed by atoms with Crippen LogP contribution < -0.4 is 4.90 Å². The van der Waals surface area contributed by atoms with Crippen LogP contribution in [0.4, 0.5) is 5.69 Å². The van der Waals surface area contributed by atoms with Gasteiger partial charge in [0, 0.05) is 29.3 Å². The zero-order valence-electron chi connectivity index (χ0n) is 28.7. The van der Waals surface area contributed by atoms with Gasteiger partial charge >= 0.3 is 0 Å². The van der Waals surface area contributed by atoms with E-state index in [-0.39, 0.29) is 10.8 Å². The lowest BCUT2D eigenvalue weighted by atomic mass is 9.70. The number of benzene rings is 6. The second-order valence-electron chi connectivity index (χ2n) is 14.1. The summed E-state index contributed by atoms with van der Waals surface area (Å²) in [6.45, 7) is 4.78. The molecular weight excluding hydrogens is 591 g/mol. The molecule has 1 nitrogen and oxygen atoms in total. The monoisotopic (exact) mass is 633 g/mol. The molecule has 49 heavy (non-hydrogen) atoms. The fourth-order valence-electron chi connectivity index (χ4n) is 8.96. The van der Waals surface area contributed by atoms with E-state index in [1.165, 1.54) is 66.7 Å². The summed E-state index contributed by atoms with van der Waals surface area (Å²) in [5, 5.41) is 2.66. The maximum atomic E-state index is 2.46. The summed E-state index contributed by atoms with van der Waals surface area (Å²) in [5.74, 6) is 0. The Bertz CT molecular complexity index is 2180. The van der Waals surface area contributed by atoms with Crippen molar-refractivity contribution in [2.24, 2.45) is 0 Å². The van der Waals surface area contributed by atoms with Crippen LogP contribution in [0.1, 0.15) is 47.2 Å². The molecule has 0 amide bonds. The van der Waals surface area contributed by atoms with E-state index < -0.39 is 0 Å². The van der Waals surface area contributed by atoms with Gasteiger partial charge in [0.15, 0.2) is 0 Å². The van der Waals surface area contributed by atoms with E-state index in [1.54, 1.807) is 0 Å². The summed E-state index contributed by atoms with van der Waals surface area (Å²) in [6, 6.07) is 55.6. The van der Waals surface area contributed by atoms with Crippen LogP contribution in [0.3, 0.4) is 0 Å². The average molecular weight is 634 g/mol. The van der Waals surface area contributed by atoms with Gasteiger partial charge < -0.3 is 4.90 Å². The van der Waals surface area contributed by atoms with Crippen LogP contribution in [-0.2, 0) is 30.1 Å². The van der Waals surface area contributed by atoms with Gasteiger partial charge in [-0.25, -0.2) is 0 Å². The molecule has 0 radical (unpaired) electrons. The van der Waals surface area contributed by atoms with Crippen molar-refractivity contribution in [1.82, 2.24) is 0 Å². The van der Waals surface area contributed by atoms with E-state index in [0.717, 1.165) is 19.3 Å². The Hall–Kier alpha value is -5.40. The lowest BCUT2D eigenvalue weighted by molar-refractivity contribution is 0.507. The lowest BCUT2D eigenvalue weighted by Crippen LogP contribution is -2.34. The molecule has 2 aliphatic rings. The van der Waals surface area contributed by atoms with Crippen molar-refractivity contribution in [2.45, 2.75) is 43.9 Å². The van der Waals surface area contributed by atoms with Gasteiger partial charge in [-0.05, 0) is 93.6 Å². The van der Waals surface area contributed by atoms with Gasteiger partial charge in [-0.2, -0.15) is 0 Å². The third kappa shape index (κ3) is 5.35. The first-order valence-corrected chi connectivity index (χ1v) is 17.6. The van der Waals surface area contributed by atoms with Crippen LogP contribution in [-0.4, -0.2) is 7.05 Å². The summed E-state index contributed by atoms with van der Waals surface area (Å²) in [6.07, 6.45) is 9.98. The van der Waals surface area contributed by atoms with Crippen LogP contribution >= 0.6 is 0 Å². The minimum Gasteiger partial charge on any atom is -0.347 e. The topological polar surface area (TPSA) is 3.24 Å². The maximum Gasteiger partial charge on any atom is 0.0456 e. The Morgan fingerprint density at radius 3 is 1.80 bits per heavy atom. The third-order valence-electron chi connectivity index (χ3n) is 11.1. The molecule has 1 unspecified atom stereocenters. The molecule has 0 N–H and O–H groups in total. The molecule has 0 saturated carbocycles. The number of anilines is 1. The van der Waals surface area contributed by atoms with Crippen LogP contribution in [0.15, 0.2) is 181 Å². The van der Waals surface area contributed by atoms with Crippen LogP contribution in [0, 0.1) is 0 Å². The summed E-state index contributed by atoms with van der Waals surface area (Å²) >= 11 is 0. The lowest BCUT2D eigenvalue weighted by Gasteiger charge is -2.34. The van der Waals surface area contributed by atoms with Crippen molar-refractivity contribution in [3.63, 3.8) is 0 Å². The molecular formula is C48H43N. The first kappa shape index (κ1) is 30.9. The number of allylic oxidation sites excluding steroid dienone is 6. The van der Waals surface area contributed by atoms with Gasteiger partial charge in [-0.15, -0.1) is 0 Å². The highest BCUT2D eigenvalue weighted by molar-refractivity contribution is 5.96. The average Bonchev–Trinajstić information content (AvgIpc) is 3.49. The Kier molecular flexibility index (Phi) is 7.92. The summed E-state index contributed by atoms with van der Waals surface area (Å²) in [4.78, 5) is 2.44. The molecule has 1 aliphatic heterocycles. The third-order valence-corrected chi connectivity index (χ3v) is 11.1. The minimum atomic E-state index is -0.218. The smallest absolute Gasteiger partial charge is 0.0456 e. The van der Waals surface area contributed by atoms with Gasteiger partial charge in [0.05, 0.1) is 0 Å². The molecule has 6 aromatic rings. The van der Waals surface area contributed by atoms with Crippen molar-refractivity contribution in [2.75, 3.05) is 11.9 Å². The largest absolute Gasteiger partial charge is 0.347 e. The number of nitrogens with zero attached hydrogens (tertiary/aromatic N) is 1. The molecule has 1 heteroatoms. The van der Waals surface area contributed by atoms with E-state index in [1.807, 2.05) is 0 Å². The van der Waals surface area contributed by atoms with Crippen LogP contribution in [0.2, 0.25) is 0 Å². The van der Waals surface area contributed by atoms with Gasteiger partial charge in [-0.1, -0.05) is 165 Å². The number of likely N-dealkylation sites (N-methyl/N-ethyl adjacent to an activating group) is 1. The second kappa shape index (κ2) is 12.6. The van der Waals surface area contributed by atoms with Crippen molar-refractivity contribution in [1.29, 1.82) is 0 Å². The first-order chi connectivity index (χ1) is 24.0. The highest BCUT2D eigenvalue weighted by Crippen LogP contribution is 2.53. The van der Waals surface area contributed by atoms with Crippen LogP contribution in [0.5, 0.6) is 0 Å². The second-order valence-corrected chi connectivity index (χ2v) is 14.1. The molecule has 240 valence electrons. The number of para-hydroxylation sites is 1. The van der Waals surface area contributed by atoms with Crippen LogP contribution in [0.25, 0.3) is 16.3 Å². The van der Waals surface area contributed by atoms with Gasteiger partial charge in [0.25, 0.3) is 0 Å². The standard InChI is InChI=1S/C48H43N/c1-35-40-31-30-39-24-13-14-25-41(39)46(40)47(2,32-36-18-7-4-8-19-36)42(35)27-17-29-45-48(33-37-20-9-5-10-21-37,34-38-22-11-6-12-23-38)43-26-15-16-28-44(43)49(45)3/h4-31H,32-34H2,1-3H3/b27-17+,45-29+. The quantitative estimate of drug-likeness (QED) is 0.161. The zero-order chi connectivity index (χ0) is 33.4. The zero-order valence-corrected chi connectivity index (χ0v) is 28.7. The Labute approximate surface area is 291 Å². The number of rotatable bonds is 8. The van der Waals surface area contributed by atoms with E-state index in [4.69, 9.17) is 0 Å². The van der Waals surface area contributed by atoms with Gasteiger partial charge in [0.2, 0.25) is 0 Å². The van der Waals surface area contributed by atoms with E-state index in [9.17, 15) is 0 Å². The Morgan fingerprint density at radius 2 is 1.14 bits per heavy atom. The normalized spacial score (nSPS) is 18.8. The molecule has 0 fully saturated rings. The highest BCUT2D eigenvalue weighted by atomic mass is 15.2. The molecule has 1 atom stereocenters. The van der Waals surface area contributed by atoms with Crippen molar-refractivity contribution < 1.29 is 0 Å². The number of hydrogen-bond acceptors (Lipinski definition) is 1. The van der Waals surface area contributed by atoms with Crippen molar-refractivity contribution in [3.8, 4) is 0 Å². The van der Waals surface area contributed by atoms with E-state index in [2.05, 4.69) is 196 Å². The fraction of sp³-hybridized carbons (Fsp3) is 0.167. The SMILES string of the molecule is CC1=C(/C=C/C=C2/N(C)c3ccccc3C2(Cc2ccccc2)Cc2ccccc2)C(C)(Cc2ccccc2)c2c1ccc1ccccc21. The molecule has 6 aromatic carbocycles. The molecule has 8 rings (SSSR count). The van der Waals surface area contributed by atoms with Gasteiger partial charge in [0.1, 0.15) is 0 Å². The highest BCUT2D eigenvalue weighted by Gasteiger charge is 2.46. The molecule has 1 heterocycles. The molecule has 0 spiro atoms. The Balaban J connectivity index is 1.27. The van der Waals surface area contributed by atoms with E-state index in [0.29, 0.717) is 0 Å². The number of hydrogen-bond donors (Lipinski definition) is 0. The summed E-state index contributed by atoms with van der Waals surface area (Å²) < 4.78 is 0. The molecule has 1 aliphatic carbocycles. The summed E-state index contributed by atoms with van der Waals surface area (Å²) in [7, 11) is 2.25. The van der Waals surface area contributed by atoms with Gasteiger partial charge in [-0.3, -0.25) is 0 Å². The molecule has 0 aromatic heterocycles. The fourth-order valence-corrected chi connectivity index (χ4v) is 8.96. The minimum absolute atomic E-state index is 0.174. The Morgan fingerprint density at radius 1 is 0.592 bits per heavy atom.